The fourth-order valence-corrected chi connectivity index (χ4v) is 4.26. The second-order valence-electron chi connectivity index (χ2n) is 4.98. The van der Waals surface area contributed by atoms with Crippen molar-refractivity contribution in [3.63, 3.8) is 0 Å². The van der Waals surface area contributed by atoms with Crippen molar-refractivity contribution in [2.24, 2.45) is 0 Å². The van der Waals surface area contributed by atoms with Gasteiger partial charge in [0.2, 0.25) is 0 Å². The average Bonchev–Trinajstić information content (AvgIpc) is 2.94. The van der Waals surface area contributed by atoms with Crippen LogP contribution in [0.2, 0.25) is 0 Å². The molecule has 120 valence electrons. The van der Waals surface area contributed by atoms with E-state index in [0.717, 1.165) is 5.56 Å². The zero-order chi connectivity index (χ0) is 16.6. The molecule has 0 saturated heterocycles. The van der Waals surface area contributed by atoms with Gasteiger partial charge < -0.3 is 9.84 Å². The number of ether oxygens (including phenoxy) is 1. The lowest BCUT2D eigenvalue weighted by molar-refractivity contribution is 0.0697. The fraction of sp³-hybridized carbons (Fsp3) is 0.133. The zero-order valence-corrected chi connectivity index (χ0v) is 14.1. The third kappa shape index (κ3) is 3.18. The van der Waals surface area contributed by atoms with Crippen LogP contribution >= 0.6 is 15.9 Å². The molecule has 0 saturated carbocycles. The van der Waals surface area contributed by atoms with Gasteiger partial charge in [0.1, 0.15) is 10.6 Å². The molecule has 0 aliphatic carbocycles. The van der Waals surface area contributed by atoms with Crippen LogP contribution in [0.4, 0.5) is 5.69 Å². The van der Waals surface area contributed by atoms with Gasteiger partial charge in [0.05, 0.1) is 12.2 Å². The molecule has 2 N–H and O–H groups in total. The van der Waals surface area contributed by atoms with Gasteiger partial charge in [-0.2, -0.15) is 0 Å². The number of carboxylic acid groups (broad SMARTS) is 1. The molecule has 1 aliphatic rings. The van der Waals surface area contributed by atoms with Gasteiger partial charge in [-0.1, -0.05) is 15.9 Å². The number of halogens is 1. The second kappa shape index (κ2) is 5.86. The molecule has 0 fully saturated rings. The molecule has 0 radical (unpaired) electrons. The van der Waals surface area contributed by atoms with Gasteiger partial charge in [-0.05, 0) is 36.4 Å². The molecule has 0 atom stereocenters. The van der Waals surface area contributed by atoms with E-state index in [2.05, 4.69) is 20.7 Å². The molecule has 0 unspecified atom stereocenters. The minimum Gasteiger partial charge on any atom is -0.492 e. The lowest BCUT2D eigenvalue weighted by Gasteiger charge is -2.12. The van der Waals surface area contributed by atoms with Crippen molar-refractivity contribution >= 4 is 37.6 Å². The average molecular weight is 398 g/mol. The number of sulfonamides is 1. The van der Waals surface area contributed by atoms with Crippen LogP contribution < -0.4 is 9.46 Å². The summed E-state index contributed by atoms with van der Waals surface area (Å²) >= 11 is 3.31. The second-order valence-corrected chi connectivity index (χ2v) is 7.55. The van der Waals surface area contributed by atoms with Gasteiger partial charge in [-0.15, -0.1) is 0 Å². The Labute approximate surface area is 141 Å². The van der Waals surface area contributed by atoms with E-state index >= 15 is 0 Å². The molecular formula is C15H12BrNO5S. The van der Waals surface area contributed by atoms with E-state index in [9.17, 15) is 13.2 Å². The number of anilines is 1. The first-order valence-electron chi connectivity index (χ1n) is 6.68. The van der Waals surface area contributed by atoms with Gasteiger partial charge in [-0.25, -0.2) is 13.2 Å². The normalized spacial score (nSPS) is 13.3. The van der Waals surface area contributed by atoms with Crippen molar-refractivity contribution < 1.29 is 23.1 Å². The summed E-state index contributed by atoms with van der Waals surface area (Å²) in [6.07, 6.45) is 0.657. The number of rotatable bonds is 4. The van der Waals surface area contributed by atoms with Crippen molar-refractivity contribution in [2.75, 3.05) is 11.3 Å². The highest BCUT2D eigenvalue weighted by Gasteiger charge is 2.26. The Hall–Kier alpha value is -2.06. The molecule has 8 heteroatoms. The van der Waals surface area contributed by atoms with E-state index in [4.69, 9.17) is 9.84 Å². The van der Waals surface area contributed by atoms with Crippen molar-refractivity contribution in [3.05, 3.63) is 52.0 Å². The number of benzene rings is 2. The minimum atomic E-state index is -3.85. The van der Waals surface area contributed by atoms with Crippen LogP contribution in [-0.4, -0.2) is 26.1 Å². The number of carboxylic acids is 1. The maximum atomic E-state index is 12.6. The molecule has 0 bridgehead atoms. The molecule has 0 spiro atoms. The number of fused-ring (bicyclic) bond motifs is 1. The van der Waals surface area contributed by atoms with Crippen LogP contribution in [0.5, 0.6) is 5.75 Å². The summed E-state index contributed by atoms with van der Waals surface area (Å²) in [4.78, 5) is 10.9. The zero-order valence-electron chi connectivity index (χ0n) is 11.7. The summed E-state index contributed by atoms with van der Waals surface area (Å²) in [5.74, 6) is -0.708. The maximum Gasteiger partial charge on any atom is 0.335 e. The summed E-state index contributed by atoms with van der Waals surface area (Å²) in [5.41, 5.74) is 1.20. The highest BCUT2D eigenvalue weighted by atomic mass is 79.9. The van der Waals surface area contributed by atoms with Crippen LogP contribution in [0.15, 0.2) is 45.8 Å². The first-order chi connectivity index (χ1) is 10.9. The van der Waals surface area contributed by atoms with Crippen LogP contribution in [-0.2, 0) is 16.4 Å². The summed E-state index contributed by atoms with van der Waals surface area (Å²) in [5, 5.41) is 8.86. The molecule has 23 heavy (non-hydrogen) atoms. The largest absolute Gasteiger partial charge is 0.492 e. The van der Waals surface area contributed by atoms with Crippen molar-refractivity contribution in [1.82, 2.24) is 0 Å². The third-order valence-electron chi connectivity index (χ3n) is 3.39. The van der Waals surface area contributed by atoms with Crippen LogP contribution in [0.1, 0.15) is 15.9 Å². The van der Waals surface area contributed by atoms with E-state index in [0.29, 0.717) is 23.2 Å². The summed E-state index contributed by atoms with van der Waals surface area (Å²) < 4.78 is 33.7. The van der Waals surface area contributed by atoms with E-state index in [1.165, 1.54) is 30.3 Å². The standard InChI is InChI=1S/C15H12BrNO5S/c16-11-7-10-5-6-22-14(10)13(8-11)23(20,21)17-12-3-1-9(2-4-12)15(18)19/h1-4,7-8,17H,5-6H2,(H,18,19). The van der Waals surface area contributed by atoms with Gasteiger partial charge in [0, 0.05) is 22.1 Å². The molecular weight excluding hydrogens is 386 g/mol. The third-order valence-corrected chi connectivity index (χ3v) is 5.23. The Morgan fingerprint density at radius 2 is 1.91 bits per heavy atom. The topological polar surface area (TPSA) is 92.7 Å². The predicted octanol–water partition coefficient (Wildman–Crippen LogP) is 2.88. The van der Waals surface area contributed by atoms with Crippen LogP contribution in [0.3, 0.4) is 0 Å². The lowest BCUT2D eigenvalue weighted by atomic mass is 10.2. The highest BCUT2D eigenvalue weighted by molar-refractivity contribution is 9.10. The molecule has 0 amide bonds. The Balaban J connectivity index is 1.95. The molecule has 3 rings (SSSR count). The highest BCUT2D eigenvalue weighted by Crippen LogP contribution is 2.36. The van der Waals surface area contributed by atoms with Crippen LogP contribution in [0, 0.1) is 0 Å². The van der Waals surface area contributed by atoms with E-state index < -0.39 is 16.0 Å². The van der Waals surface area contributed by atoms with Gasteiger partial charge in [0.15, 0.2) is 0 Å². The fourth-order valence-electron chi connectivity index (χ4n) is 2.33. The molecule has 6 nitrogen and oxygen atoms in total. The Kier molecular flexibility index (Phi) is 4.03. The molecule has 1 heterocycles. The van der Waals surface area contributed by atoms with E-state index in [1.807, 2.05) is 6.07 Å². The Morgan fingerprint density at radius 1 is 1.22 bits per heavy atom. The number of hydrogen-bond acceptors (Lipinski definition) is 4. The number of nitrogens with one attached hydrogen (secondary N) is 1. The first kappa shape index (κ1) is 15.8. The monoisotopic (exact) mass is 397 g/mol. The van der Waals surface area contributed by atoms with E-state index in [-0.39, 0.29) is 16.1 Å². The van der Waals surface area contributed by atoms with E-state index in [1.54, 1.807) is 0 Å². The molecule has 0 aromatic heterocycles. The Morgan fingerprint density at radius 3 is 2.57 bits per heavy atom. The summed E-state index contributed by atoms with van der Waals surface area (Å²) in [7, 11) is -3.85. The number of hydrogen-bond donors (Lipinski definition) is 2. The lowest BCUT2D eigenvalue weighted by Crippen LogP contribution is -2.14. The minimum absolute atomic E-state index is 0.0571. The van der Waals surface area contributed by atoms with Crippen molar-refractivity contribution in [1.29, 1.82) is 0 Å². The quantitative estimate of drug-likeness (QED) is 0.826. The molecule has 1 aliphatic heterocycles. The van der Waals surface area contributed by atoms with Crippen molar-refractivity contribution in [3.8, 4) is 5.75 Å². The summed E-state index contributed by atoms with van der Waals surface area (Å²) in [6.45, 7) is 0.446. The first-order valence-corrected chi connectivity index (χ1v) is 8.96. The predicted molar refractivity (Wildman–Crippen MR) is 87.6 cm³/mol. The smallest absolute Gasteiger partial charge is 0.335 e. The molecule has 2 aromatic carbocycles. The SMILES string of the molecule is O=C(O)c1ccc(NS(=O)(=O)c2cc(Br)cc3c2OCC3)cc1. The van der Waals surface area contributed by atoms with Crippen LogP contribution in [0.25, 0.3) is 0 Å². The van der Waals surface area contributed by atoms with Crippen molar-refractivity contribution in [2.45, 2.75) is 11.3 Å². The molecule has 2 aromatic rings. The van der Waals surface area contributed by atoms with Gasteiger partial charge in [-0.3, -0.25) is 4.72 Å². The Bertz CT molecular complexity index is 877. The number of carbonyl (C=O) groups is 1. The summed E-state index contributed by atoms with van der Waals surface area (Å²) in [6, 6.07) is 8.80. The number of aromatic carboxylic acids is 1. The van der Waals surface area contributed by atoms with Gasteiger partial charge >= 0.3 is 5.97 Å². The maximum absolute atomic E-state index is 12.6. The van der Waals surface area contributed by atoms with Gasteiger partial charge in [0.25, 0.3) is 10.0 Å².